The van der Waals surface area contributed by atoms with Crippen molar-refractivity contribution in [3.8, 4) is 0 Å². The van der Waals surface area contributed by atoms with Crippen LogP contribution in [0.2, 0.25) is 0 Å². The highest BCUT2D eigenvalue weighted by molar-refractivity contribution is 6.36. The van der Waals surface area contributed by atoms with Crippen molar-refractivity contribution in [2.24, 2.45) is 0 Å². The summed E-state index contributed by atoms with van der Waals surface area (Å²) in [4.78, 5) is 0. The van der Waals surface area contributed by atoms with E-state index in [1.165, 1.54) is 88.3 Å². The number of benzene rings is 6. The van der Waals surface area contributed by atoms with Crippen LogP contribution in [0.4, 0.5) is 0 Å². The first-order valence-corrected chi connectivity index (χ1v) is 13.8. The highest BCUT2D eigenvalue weighted by atomic mass is 14.4. The van der Waals surface area contributed by atoms with E-state index < -0.39 is 0 Å². The van der Waals surface area contributed by atoms with E-state index in [4.69, 9.17) is 0 Å². The molecule has 0 spiro atoms. The molecule has 0 aliphatic heterocycles. The molecule has 0 fully saturated rings. The van der Waals surface area contributed by atoms with Gasteiger partial charge in [0.05, 0.1) is 0 Å². The fourth-order valence-electron chi connectivity index (χ4n) is 7.06. The lowest BCUT2D eigenvalue weighted by Gasteiger charge is -2.15. The Balaban J connectivity index is 1.49. The topological polar surface area (TPSA) is 0 Å². The van der Waals surface area contributed by atoms with Crippen LogP contribution in [0.25, 0.3) is 49.9 Å². The van der Waals surface area contributed by atoms with Crippen molar-refractivity contribution in [1.29, 1.82) is 0 Å². The van der Waals surface area contributed by atoms with Gasteiger partial charge in [0.15, 0.2) is 0 Å². The maximum absolute atomic E-state index is 2.43. The van der Waals surface area contributed by atoms with Gasteiger partial charge in [-0.25, -0.2) is 0 Å². The molecule has 0 unspecified atom stereocenters. The second-order valence-corrected chi connectivity index (χ2v) is 10.8. The second-order valence-electron chi connectivity index (χ2n) is 10.8. The van der Waals surface area contributed by atoms with Crippen LogP contribution in [0.15, 0.2) is 127 Å². The summed E-state index contributed by atoms with van der Waals surface area (Å²) in [6.45, 7) is 0. The summed E-state index contributed by atoms with van der Waals surface area (Å²) in [6.07, 6.45) is 5.64. The number of fused-ring (bicyclic) bond motifs is 8. The van der Waals surface area contributed by atoms with Crippen molar-refractivity contribution in [1.82, 2.24) is 0 Å². The second kappa shape index (κ2) is 7.79. The largest absolute Gasteiger partial charge is 0.0795 e. The number of hydrogen-bond acceptors (Lipinski definition) is 0. The molecule has 180 valence electrons. The number of hydrogen-bond donors (Lipinski definition) is 0. The van der Waals surface area contributed by atoms with E-state index in [2.05, 4.69) is 133 Å². The molecular formula is C39H24. The maximum Gasteiger partial charge on any atom is -0.000718 e. The van der Waals surface area contributed by atoms with Crippen molar-refractivity contribution in [3.05, 3.63) is 172 Å². The van der Waals surface area contributed by atoms with E-state index in [0.29, 0.717) is 0 Å². The fraction of sp³-hybridized carbons (Fsp3) is 0.0256. The number of allylic oxidation sites excluding steroid dienone is 3. The molecule has 0 N–H and O–H groups in total. The zero-order valence-electron chi connectivity index (χ0n) is 21.4. The van der Waals surface area contributed by atoms with Gasteiger partial charge in [-0.3, -0.25) is 0 Å². The van der Waals surface area contributed by atoms with Gasteiger partial charge in [0.1, 0.15) is 0 Å². The molecule has 6 aromatic rings. The van der Waals surface area contributed by atoms with E-state index in [-0.39, 0.29) is 0 Å². The summed E-state index contributed by atoms with van der Waals surface area (Å²) in [5, 5.41) is 5.15. The Morgan fingerprint density at radius 3 is 1.51 bits per heavy atom. The quantitative estimate of drug-likeness (QED) is 0.226. The lowest BCUT2D eigenvalue weighted by atomic mass is 9.87. The Kier molecular flexibility index (Phi) is 4.20. The smallest absolute Gasteiger partial charge is 0.000718 e. The van der Waals surface area contributed by atoms with Gasteiger partial charge in [-0.2, -0.15) is 0 Å². The first-order chi connectivity index (χ1) is 19.3. The summed E-state index contributed by atoms with van der Waals surface area (Å²) < 4.78 is 0. The normalized spacial score (nSPS) is 14.8. The van der Waals surface area contributed by atoms with E-state index in [1.54, 1.807) is 0 Å². The summed E-state index contributed by atoms with van der Waals surface area (Å²) in [6, 6.07) is 45.1. The highest BCUT2D eigenvalue weighted by Crippen LogP contribution is 2.60. The third-order valence-corrected chi connectivity index (χ3v) is 8.75. The van der Waals surface area contributed by atoms with Gasteiger partial charge in [-0.15, -0.1) is 0 Å². The minimum Gasteiger partial charge on any atom is -0.0795 e. The van der Waals surface area contributed by atoms with Crippen molar-refractivity contribution in [2.45, 2.75) is 6.42 Å². The van der Waals surface area contributed by atoms with Crippen LogP contribution in [0.3, 0.4) is 0 Å². The van der Waals surface area contributed by atoms with E-state index in [0.717, 1.165) is 6.42 Å². The zero-order valence-corrected chi connectivity index (χ0v) is 21.4. The molecule has 0 radical (unpaired) electrons. The summed E-state index contributed by atoms with van der Waals surface area (Å²) >= 11 is 0. The molecular weight excluding hydrogens is 468 g/mol. The van der Waals surface area contributed by atoms with Crippen LogP contribution < -0.4 is 0 Å². The third kappa shape index (κ3) is 2.89. The molecule has 0 aromatic heterocycles. The molecule has 39 heavy (non-hydrogen) atoms. The predicted octanol–water partition coefficient (Wildman–Crippen LogP) is 9.81. The highest BCUT2D eigenvalue weighted by Gasteiger charge is 2.38. The van der Waals surface area contributed by atoms with Crippen LogP contribution in [0, 0.1) is 0 Å². The number of rotatable bonds is 2. The monoisotopic (exact) mass is 492 g/mol. The standard InChI is InChI=1S/C39H24/c1-2-10-25(11-3-1)36-32-20-26-12-4-6-14-28(26)22-34(32)39-37(31-19-9-17-24-16-8-18-30(24)31)33-21-27-13-5-7-15-29(27)23-35(33)38(36)39/h1-15,17-23H,16H2. The Morgan fingerprint density at radius 1 is 0.385 bits per heavy atom. The molecule has 3 aliphatic rings. The van der Waals surface area contributed by atoms with E-state index in [1.807, 2.05) is 0 Å². The molecule has 9 rings (SSSR count). The summed E-state index contributed by atoms with van der Waals surface area (Å²) in [5.41, 5.74) is 16.3. The van der Waals surface area contributed by atoms with Gasteiger partial charge in [0.2, 0.25) is 0 Å². The van der Waals surface area contributed by atoms with Gasteiger partial charge < -0.3 is 0 Å². The first-order valence-electron chi connectivity index (χ1n) is 13.8. The predicted molar refractivity (Wildman–Crippen MR) is 165 cm³/mol. The van der Waals surface area contributed by atoms with Gasteiger partial charge in [-0.1, -0.05) is 109 Å². The molecule has 0 atom stereocenters. The minimum atomic E-state index is 1.01. The van der Waals surface area contributed by atoms with Gasteiger partial charge in [0.25, 0.3) is 0 Å². The third-order valence-electron chi connectivity index (χ3n) is 8.75. The summed E-state index contributed by atoms with van der Waals surface area (Å²) in [7, 11) is 0. The van der Waals surface area contributed by atoms with Crippen LogP contribution in [-0.2, 0) is 6.42 Å². The fourth-order valence-corrected chi connectivity index (χ4v) is 7.06. The molecule has 0 amide bonds. The van der Waals surface area contributed by atoms with E-state index in [9.17, 15) is 0 Å². The van der Waals surface area contributed by atoms with Gasteiger partial charge in [-0.05, 0) is 119 Å². The SMILES string of the molecule is C1=Cc2c(cccc2C2=C3C(=C(c4ccccc4)c4cc5ccccc5cc43)c3cc4ccccc4cc32)C1. The van der Waals surface area contributed by atoms with E-state index >= 15 is 0 Å². The minimum absolute atomic E-state index is 1.01. The Morgan fingerprint density at radius 2 is 0.897 bits per heavy atom. The van der Waals surface area contributed by atoms with Gasteiger partial charge in [0, 0.05) is 0 Å². The van der Waals surface area contributed by atoms with Crippen LogP contribution in [0.5, 0.6) is 0 Å². The molecule has 0 nitrogen and oxygen atoms in total. The average molecular weight is 493 g/mol. The molecule has 0 saturated carbocycles. The van der Waals surface area contributed by atoms with Crippen LogP contribution in [-0.4, -0.2) is 0 Å². The average Bonchev–Trinajstić information content (AvgIpc) is 3.68. The lowest BCUT2D eigenvalue weighted by Crippen LogP contribution is -1.96. The maximum atomic E-state index is 2.43. The molecule has 0 saturated heterocycles. The van der Waals surface area contributed by atoms with Crippen molar-refractivity contribution in [3.63, 3.8) is 0 Å². The Bertz CT molecular complexity index is 2120. The van der Waals surface area contributed by atoms with Crippen LogP contribution >= 0.6 is 0 Å². The zero-order chi connectivity index (χ0) is 25.5. The molecule has 6 aromatic carbocycles. The first kappa shape index (κ1) is 21.0. The Labute approximate surface area is 227 Å². The molecule has 3 aliphatic carbocycles. The summed E-state index contributed by atoms with van der Waals surface area (Å²) in [5.74, 6) is 0. The van der Waals surface area contributed by atoms with Gasteiger partial charge >= 0.3 is 0 Å². The molecule has 0 heteroatoms. The molecule has 0 heterocycles. The van der Waals surface area contributed by atoms with Crippen molar-refractivity contribution < 1.29 is 0 Å². The van der Waals surface area contributed by atoms with Crippen LogP contribution in [0.1, 0.15) is 44.5 Å². The molecule has 0 bridgehead atoms. The van der Waals surface area contributed by atoms with Crippen molar-refractivity contribution >= 4 is 49.9 Å². The lowest BCUT2D eigenvalue weighted by molar-refractivity contribution is 1.30. The van der Waals surface area contributed by atoms with Crippen molar-refractivity contribution in [2.75, 3.05) is 0 Å². The Hall–Kier alpha value is -4.94.